The van der Waals surface area contributed by atoms with Crippen molar-refractivity contribution in [2.75, 3.05) is 33.2 Å². The van der Waals surface area contributed by atoms with Crippen LogP contribution in [0.1, 0.15) is 11.1 Å². The average Bonchev–Trinajstić information content (AvgIpc) is 2.83. The van der Waals surface area contributed by atoms with E-state index in [0.29, 0.717) is 28.5 Å². The molecule has 0 saturated heterocycles. The summed E-state index contributed by atoms with van der Waals surface area (Å²) in [4.78, 5) is 6.70. The number of ether oxygens (including phenoxy) is 2. The molecule has 0 aromatic heterocycles. The maximum atomic E-state index is 13.3. The summed E-state index contributed by atoms with van der Waals surface area (Å²) in [5, 5.41) is 0. The van der Waals surface area contributed by atoms with Crippen molar-refractivity contribution in [1.82, 2.24) is 0 Å². The molecule has 0 atom stereocenters. The number of rotatable bonds is 9. The molecule has 3 aromatic rings. The molecule has 0 spiro atoms. The molecule has 0 fully saturated rings. The summed E-state index contributed by atoms with van der Waals surface area (Å²) in [6.45, 7) is 0. The predicted octanol–water partition coefficient (Wildman–Crippen LogP) is 5.87. The number of hydrogen-bond acceptors (Lipinski definition) is 5. The molecule has 0 heterocycles. The lowest BCUT2D eigenvalue weighted by atomic mass is 10.1. The van der Waals surface area contributed by atoms with E-state index in [9.17, 15) is 8.63 Å². The zero-order valence-electron chi connectivity index (χ0n) is 19.0. The SMILES string of the molecule is COc1ccc(C(/C=C(\OB(F)F)c2ccc(OC)cc2)=Nc2ccc(N(C)C)cc2)cc1. The second kappa shape index (κ2) is 11.2. The van der Waals surface area contributed by atoms with E-state index in [0.717, 1.165) is 11.3 Å². The second-order valence-electron chi connectivity index (χ2n) is 7.25. The van der Waals surface area contributed by atoms with Crippen molar-refractivity contribution < 1.29 is 22.8 Å². The van der Waals surface area contributed by atoms with Crippen LogP contribution >= 0.6 is 0 Å². The lowest BCUT2D eigenvalue weighted by molar-refractivity contribution is 0.396. The van der Waals surface area contributed by atoms with Crippen LogP contribution in [0, 0.1) is 0 Å². The minimum Gasteiger partial charge on any atom is -0.505 e. The van der Waals surface area contributed by atoms with Crippen LogP contribution < -0.4 is 14.4 Å². The molecule has 3 aromatic carbocycles. The first-order chi connectivity index (χ1) is 15.9. The first kappa shape index (κ1) is 23.8. The van der Waals surface area contributed by atoms with Crippen LogP contribution in [0.3, 0.4) is 0 Å². The summed E-state index contributed by atoms with van der Waals surface area (Å²) in [6.07, 6.45) is 1.51. The Bertz CT molecular complexity index is 1100. The molecule has 8 heteroatoms. The number of anilines is 1. The standard InChI is InChI=1S/C25H25BF2N2O3/c1-30(2)21-11-9-20(10-12-21)29-24(18-5-13-22(31-3)14-6-18)17-25(33-26(27)28)19-7-15-23(32-4)16-8-19/h5-17H,1-4H3/b25-17-,29-24?. The number of halogens is 2. The number of nitrogens with zero attached hydrogens (tertiary/aromatic N) is 2. The van der Waals surface area contributed by atoms with E-state index in [1.165, 1.54) is 13.2 Å². The zero-order valence-corrected chi connectivity index (χ0v) is 19.0. The summed E-state index contributed by atoms with van der Waals surface area (Å²) in [7, 11) is 4.03. The Morgan fingerprint density at radius 3 is 1.76 bits per heavy atom. The highest BCUT2D eigenvalue weighted by Gasteiger charge is 2.21. The van der Waals surface area contributed by atoms with Crippen molar-refractivity contribution in [2.45, 2.75) is 0 Å². The van der Waals surface area contributed by atoms with E-state index in [2.05, 4.69) is 0 Å². The van der Waals surface area contributed by atoms with E-state index in [1.54, 1.807) is 43.5 Å². The molecular formula is C25H25BF2N2O3. The molecule has 3 rings (SSSR count). The maximum absolute atomic E-state index is 13.3. The van der Waals surface area contributed by atoms with E-state index in [1.807, 2.05) is 55.4 Å². The van der Waals surface area contributed by atoms with Gasteiger partial charge in [-0.15, -0.1) is 0 Å². The Labute approximate surface area is 193 Å². The van der Waals surface area contributed by atoms with E-state index in [-0.39, 0.29) is 5.76 Å². The predicted molar refractivity (Wildman–Crippen MR) is 130 cm³/mol. The molecule has 0 N–H and O–H groups in total. The maximum Gasteiger partial charge on any atom is 0.796 e. The number of aliphatic imine (C=N–C) groups is 1. The van der Waals surface area contributed by atoms with Crippen LogP contribution in [0.4, 0.5) is 20.0 Å². The van der Waals surface area contributed by atoms with Gasteiger partial charge in [-0.2, -0.15) is 0 Å². The quantitative estimate of drug-likeness (QED) is 0.232. The van der Waals surface area contributed by atoms with Gasteiger partial charge in [-0.25, -0.2) is 13.6 Å². The number of methoxy groups -OCH3 is 2. The Balaban J connectivity index is 2.10. The van der Waals surface area contributed by atoms with Crippen molar-refractivity contribution in [1.29, 1.82) is 0 Å². The number of hydrogen-bond donors (Lipinski definition) is 0. The normalized spacial score (nSPS) is 11.7. The molecule has 0 bridgehead atoms. The van der Waals surface area contributed by atoms with Gasteiger partial charge in [0.25, 0.3) is 0 Å². The highest BCUT2D eigenvalue weighted by Crippen LogP contribution is 2.25. The Morgan fingerprint density at radius 1 is 0.788 bits per heavy atom. The highest BCUT2D eigenvalue weighted by molar-refractivity contribution is 6.36. The molecule has 33 heavy (non-hydrogen) atoms. The summed E-state index contributed by atoms with van der Waals surface area (Å²) in [5.41, 5.74) is 3.35. The first-order valence-electron chi connectivity index (χ1n) is 10.2. The third kappa shape index (κ3) is 6.59. The van der Waals surface area contributed by atoms with E-state index < -0.39 is 7.47 Å². The molecular weight excluding hydrogens is 425 g/mol. The van der Waals surface area contributed by atoms with Crippen molar-refractivity contribution >= 4 is 30.3 Å². The lowest BCUT2D eigenvalue weighted by Gasteiger charge is -2.13. The second-order valence-corrected chi connectivity index (χ2v) is 7.25. The molecule has 0 unspecified atom stereocenters. The average molecular weight is 450 g/mol. The summed E-state index contributed by atoms with van der Waals surface area (Å²) < 4.78 is 41.8. The van der Waals surface area contributed by atoms with Crippen molar-refractivity contribution in [3.05, 3.63) is 90.0 Å². The molecule has 0 radical (unpaired) electrons. The van der Waals surface area contributed by atoms with Gasteiger partial charge in [0.05, 0.1) is 25.6 Å². The summed E-state index contributed by atoms with van der Waals surface area (Å²) in [6, 6.07) is 21.5. The van der Waals surface area contributed by atoms with Crippen LogP contribution in [0.5, 0.6) is 11.5 Å². The smallest absolute Gasteiger partial charge is 0.505 e. The van der Waals surface area contributed by atoms with Crippen LogP contribution in [0.25, 0.3) is 5.76 Å². The summed E-state index contributed by atoms with van der Waals surface area (Å²) >= 11 is 0. The summed E-state index contributed by atoms with van der Waals surface area (Å²) in [5.74, 6) is 1.28. The molecule has 5 nitrogen and oxygen atoms in total. The monoisotopic (exact) mass is 450 g/mol. The Hall–Kier alpha value is -3.81. The van der Waals surface area contributed by atoms with Gasteiger partial charge in [-0.3, -0.25) is 0 Å². The largest absolute Gasteiger partial charge is 0.796 e. The Kier molecular flexibility index (Phi) is 8.08. The van der Waals surface area contributed by atoms with Crippen LogP contribution in [0.15, 0.2) is 83.9 Å². The lowest BCUT2D eigenvalue weighted by Crippen LogP contribution is -2.08. The first-order valence-corrected chi connectivity index (χ1v) is 10.2. The van der Waals surface area contributed by atoms with Gasteiger partial charge in [-0.1, -0.05) is 0 Å². The fraction of sp³-hybridized carbons (Fsp3) is 0.160. The minimum atomic E-state index is -2.99. The molecule has 170 valence electrons. The number of benzene rings is 3. The molecule has 0 aliphatic rings. The van der Waals surface area contributed by atoms with Gasteiger partial charge in [0.1, 0.15) is 17.3 Å². The van der Waals surface area contributed by atoms with Gasteiger partial charge in [0.15, 0.2) is 0 Å². The van der Waals surface area contributed by atoms with Crippen molar-refractivity contribution in [3.8, 4) is 11.5 Å². The van der Waals surface area contributed by atoms with Gasteiger partial charge in [-0.05, 0) is 72.8 Å². The molecule has 0 aliphatic carbocycles. The van der Waals surface area contributed by atoms with E-state index >= 15 is 0 Å². The van der Waals surface area contributed by atoms with Crippen LogP contribution in [-0.2, 0) is 4.65 Å². The van der Waals surface area contributed by atoms with Crippen LogP contribution in [0.2, 0.25) is 0 Å². The molecule has 0 saturated carbocycles. The Morgan fingerprint density at radius 2 is 1.30 bits per heavy atom. The third-order valence-corrected chi connectivity index (χ3v) is 4.86. The van der Waals surface area contributed by atoms with Gasteiger partial charge in [0.2, 0.25) is 0 Å². The fourth-order valence-electron chi connectivity index (χ4n) is 3.07. The topological polar surface area (TPSA) is 43.3 Å². The zero-order chi connectivity index (χ0) is 23.8. The minimum absolute atomic E-state index is 0.00728. The molecule has 0 amide bonds. The number of allylic oxidation sites excluding steroid dienone is 1. The third-order valence-electron chi connectivity index (χ3n) is 4.86. The van der Waals surface area contributed by atoms with Gasteiger partial charge < -0.3 is 19.0 Å². The van der Waals surface area contributed by atoms with Crippen molar-refractivity contribution in [3.63, 3.8) is 0 Å². The van der Waals surface area contributed by atoms with E-state index in [4.69, 9.17) is 19.1 Å². The van der Waals surface area contributed by atoms with Crippen molar-refractivity contribution in [2.24, 2.45) is 4.99 Å². The van der Waals surface area contributed by atoms with Gasteiger partial charge in [0, 0.05) is 37.0 Å². The van der Waals surface area contributed by atoms with Gasteiger partial charge >= 0.3 is 7.47 Å². The highest BCUT2D eigenvalue weighted by atomic mass is 19.2. The molecule has 0 aliphatic heterocycles. The fourth-order valence-corrected chi connectivity index (χ4v) is 3.07. The van der Waals surface area contributed by atoms with Crippen LogP contribution in [-0.4, -0.2) is 41.5 Å².